The summed E-state index contributed by atoms with van der Waals surface area (Å²) in [4.78, 5) is 0. The number of aliphatic hydroxyl groups is 1. The Morgan fingerprint density at radius 1 is 1.56 bits per heavy atom. The minimum absolute atomic E-state index is 0.0232. The molecule has 0 heterocycles. The molecule has 1 unspecified atom stereocenters. The number of unbranched alkanes of at least 4 members (excludes halogenated alkanes) is 1. The van der Waals surface area contributed by atoms with Crippen LogP contribution in [0, 0.1) is 0 Å². The maximum absolute atomic E-state index is 8.92. The number of nitrogens with two attached hydrogens (primary N) is 1. The predicted octanol–water partition coefficient (Wildman–Crippen LogP) is 0.885. The zero-order chi connectivity index (χ0) is 7.28. The molecule has 0 aliphatic rings. The Bertz CT molecular complexity index is 63.9. The summed E-state index contributed by atoms with van der Waals surface area (Å²) >= 11 is 0. The summed E-state index contributed by atoms with van der Waals surface area (Å²) < 4.78 is 0. The Kier molecular flexibility index (Phi) is 4.72. The van der Waals surface area contributed by atoms with Gasteiger partial charge < -0.3 is 10.8 Å². The third kappa shape index (κ3) is 4.43. The van der Waals surface area contributed by atoms with E-state index in [0.717, 1.165) is 19.3 Å². The molecule has 9 heavy (non-hydrogen) atoms. The van der Waals surface area contributed by atoms with Gasteiger partial charge in [0, 0.05) is 6.04 Å². The topological polar surface area (TPSA) is 46.2 Å². The van der Waals surface area contributed by atoms with Crippen molar-refractivity contribution in [3.63, 3.8) is 0 Å². The summed E-state index contributed by atoms with van der Waals surface area (Å²) in [6.07, 6.45) is 2.86. The van der Waals surface area contributed by atoms with Crippen LogP contribution in [-0.2, 0) is 0 Å². The molecule has 56 valence electrons. The van der Waals surface area contributed by atoms with Crippen molar-refractivity contribution in [2.75, 3.05) is 0 Å². The van der Waals surface area contributed by atoms with Gasteiger partial charge in [0.05, 0.1) is 6.10 Å². The van der Waals surface area contributed by atoms with Crippen LogP contribution in [0.2, 0.25) is 0 Å². The van der Waals surface area contributed by atoms with E-state index in [1.165, 1.54) is 0 Å². The molecule has 0 aliphatic carbocycles. The second-order valence-electron chi connectivity index (χ2n) is 2.55. The van der Waals surface area contributed by atoms with Crippen LogP contribution >= 0.6 is 0 Å². The quantitative estimate of drug-likeness (QED) is 0.595. The zero-order valence-corrected chi connectivity index (χ0v) is 6.30. The van der Waals surface area contributed by atoms with Crippen LogP contribution in [0.4, 0.5) is 0 Å². The Hall–Kier alpha value is -0.0800. The fourth-order valence-corrected chi connectivity index (χ4v) is 0.681. The maximum Gasteiger partial charge on any atom is 0.0662 e. The highest BCUT2D eigenvalue weighted by Gasteiger charge is 2.06. The van der Waals surface area contributed by atoms with Crippen LogP contribution in [-0.4, -0.2) is 17.3 Å². The fraction of sp³-hybridized carbons (Fsp3) is 1.00. The molecular formula is C7H17NO. The molecule has 0 aliphatic heterocycles. The molecule has 2 nitrogen and oxygen atoms in total. The van der Waals surface area contributed by atoms with E-state index in [9.17, 15) is 0 Å². The van der Waals surface area contributed by atoms with Gasteiger partial charge in [0.15, 0.2) is 0 Å². The zero-order valence-electron chi connectivity index (χ0n) is 6.30. The van der Waals surface area contributed by atoms with E-state index >= 15 is 0 Å². The molecule has 0 saturated heterocycles. The van der Waals surface area contributed by atoms with Crippen molar-refractivity contribution in [2.24, 2.45) is 5.73 Å². The molecule has 3 N–H and O–H groups in total. The maximum atomic E-state index is 8.92. The van der Waals surface area contributed by atoms with Gasteiger partial charge in [-0.1, -0.05) is 19.8 Å². The predicted molar refractivity (Wildman–Crippen MR) is 39.2 cm³/mol. The van der Waals surface area contributed by atoms with Crippen LogP contribution in [0.5, 0.6) is 0 Å². The SMILES string of the molecule is CCCCC(N)[C@@H](C)O. The smallest absolute Gasteiger partial charge is 0.0662 e. The average Bonchev–Trinajstić information content (AvgIpc) is 1.82. The lowest BCUT2D eigenvalue weighted by atomic mass is 10.1. The molecule has 2 atom stereocenters. The molecule has 2 heteroatoms. The first-order valence-corrected chi connectivity index (χ1v) is 3.62. The number of hydrogen-bond acceptors (Lipinski definition) is 2. The third-order valence-corrected chi connectivity index (χ3v) is 1.51. The van der Waals surface area contributed by atoms with Crippen molar-refractivity contribution in [3.05, 3.63) is 0 Å². The van der Waals surface area contributed by atoms with E-state index in [-0.39, 0.29) is 12.1 Å². The van der Waals surface area contributed by atoms with Crippen LogP contribution in [0.25, 0.3) is 0 Å². The van der Waals surface area contributed by atoms with Gasteiger partial charge in [-0.2, -0.15) is 0 Å². The Labute approximate surface area is 57.1 Å². The van der Waals surface area contributed by atoms with Crippen molar-refractivity contribution >= 4 is 0 Å². The number of hydrogen-bond donors (Lipinski definition) is 2. The largest absolute Gasteiger partial charge is 0.392 e. The first kappa shape index (κ1) is 8.92. The van der Waals surface area contributed by atoms with Crippen LogP contribution in [0.3, 0.4) is 0 Å². The van der Waals surface area contributed by atoms with E-state index < -0.39 is 0 Å². The van der Waals surface area contributed by atoms with Gasteiger partial charge >= 0.3 is 0 Å². The lowest BCUT2D eigenvalue weighted by Gasteiger charge is -2.12. The van der Waals surface area contributed by atoms with Gasteiger partial charge in [0.1, 0.15) is 0 Å². The Morgan fingerprint density at radius 3 is 2.44 bits per heavy atom. The van der Waals surface area contributed by atoms with E-state index in [2.05, 4.69) is 6.92 Å². The fourth-order valence-electron chi connectivity index (χ4n) is 0.681. The van der Waals surface area contributed by atoms with E-state index in [1.807, 2.05) is 0 Å². The van der Waals surface area contributed by atoms with Crippen molar-refractivity contribution in [2.45, 2.75) is 45.3 Å². The lowest BCUT2D eigenvalue weighted by Crippen LogP contribution is -2.31. The minimum atomic E-state index is -0.350. The summed E-state index contributed by atoms with van der Waals surface area (Å²) in [6, 6.07) is -0.0232. The Morgan fingerprint density at radius 2 is 2.11 bits per heavy atom. The first-order chi connectivity index (χ1) is 4.18. The van der Waals surface area contributed by atoms with Crippen molar-refractivity contribution in [3.8, 4) is 0 Å². The van der Waals surface area contributed by atoms with Crippen molar-refractivity contribution in [1.82, 2.24) is 0 Å². The monoisotopic (exact) mass is 131 g/mol. The molecule has 0 fully saturated rings. The van der Waals surface area contributed by atoms with Crippen molar-refractivity contribution < 1.29 is 5.11 Å². The molecule has 0 radical (unpaired) electrons. The molecule has 0 aromatic carbocycles. The molecule has 0 aromatic rings. The van der Waals surface area contributed by atoms with Crippen LogP contribution in [0.15, 0.2) is 0 Å². The summed E-state index contributed by atoms with van der Waals surface area (Å²) in [7, 11) is 0. The summed E-state index contributed by atoms with van der Waals surface area (Å²) in [5.74, 6) is 0. The van der Waals surface area contributed by atoms with Crippen LogP contribution in [0.1, 0.15) is 33.1 Å². The average molecular weight is 131 g/mol. The highest BCUT2D eigenvalue weighted by atomic mass is 16.3. The van der Waals surface area contributed by atoms with E-state index in [4.69, 9.17) is 10.8 Å². The minimum Gasteiger partial charge on any atom is -0.392 e. The van der Waals surface area contributed by atoms with Gasteiger partial charge in [0.2, 0.25) is 0 Å². The summed E-state index contributed by atoms with van der Waals surface area (Å²) in [5, 5.41) is 8.92. The molecule has 0 amide bonds. The number of aliphatic hydroxyl groups excluding tert-OH is 1. The van der Waals surface area contributed by atoms with Crippen molar-refractivity contribution in [1.29, 1.82) is 0 Å². The highest BCUT2D eigenvalue weighted by molar-refractivity contribution is 4.66. The van der Waals surface area contributed by atoms with Gasteiger partial charge in [-0.15, -0.1) is 0 Å². The van der Waals surface area contributed by atoms with Gasteiger partial charge in [0.25, 0.3) is 0 Å². The first-order valence-electron chi connectivity index (χ1n) is 3.62. The van der Waals surface area contributed by atoms with Gasteiger partial charge in [-0.3, -0.25) is 0 Å². The number of rotatable bonds is 4. The normalized spacial score (nSPS) is 17.3. The van der Waals surface area contributed by atoms with Crippen LogP contribution < -0.4 is 5.73 Å². The third-order valence-electron chi connectivity index (χ3n) is 1.51. The molecule has 0 aromatic heterocycles. The van der Waals surface area contributed by atoms with E-state index in [0.29, 0.717) is 0 Å². The Balaban J connectivity index is 3.16. The molecular weight excluding hydrogens is 114 g/mol. The second kappa shape index (κ2) is 4.77. The van der Waals surface area contributed by atoms with Gasteiger partial charge in [-0.05, 0) is 13.3 Å². The highest BCUT2D eigenvalue weighted by Crippen LogP contribution is 2.00. The summed E-state index contributed by atoms with van der Waals surface area (Å²) in [5.41, 5.74) is 5.55. The molecule has 0 spiro atoms. The standard InChI is InChI=1S/C7H17NO/c1-3-4-5-7(8)6(2)9/h6-7,9H,3-5,8H2,1-2H3/t6-,7?/m1/s1. The molecule has 0 saturated carbocycles. The molecule has 0 bridgehead atoms. The van der Waals surface area contributed by atoms with Gasteiger partial charge in [-0.25, -0.2) is 0 Å². The lowest BCUT2D eigenvalue weighted by molar-refractivity contribution is 0.158. The second-order valence-corrected chi connectivity index (χ2v) is 2.55. The van der Waals surface area contributed by atoms with E-state index in [1.54, 1.807) is 6.92 Å². The molecule has 0 rings (SSSR count). The summed E-state index contributed by atoms with van der Waals surface area (Å²) in [6.45, 7) is 3.86.